The van der Waals surface area contributed by atoms with E-state index in [9.17, 15) is 9.18 Å². The maximum atomic E-state index is 13.6. The van der Waals surface area contributed by atoms with E-state index in [1.54, 1.807) is 37.3 Å². The number of benzene rings is 2. The second kappa shape index (κ2) is 8.07. The van der Waals surface area contributed by atoms with Crippen LogP contribution in [0.3, 0.4) is 0 Å². The molecular weight excluding hydrogens is 347 g/mol. The van der Waals surface area contributed by atoms with Crippen LogP contribution in [0.5, 0.6) is 11.5 Å². The van der Waals surface area contributed by atoms with Crippen LogP contribution in [0.25, 0.3) is 0 Å². The first-order chi connectivity index (χ1) is 11.5. The molecule has 0 aromatic heterocycles. The standard InChI is InChI=1S/C18H19FN2O3.ClH/c1-11(6-7-12-4-2-3-5-13(12)19)18(22)21-15-9-17-16(8-14(15)20)23-10-24-17;/h2-5,8-9,11H,6-7,10,20H2,1H3,(H,21,22);1H. The average Bonchev–Trinajstić information content (AvgIpc) is 3.01. The number of aryl methyl sites for hydroxylation is 1. The molecule has 25 heavy (non-hydrogen) atoms. The minimum absolute atomic E-state index is 0. The van der Waals surface area contributed by atoms with Crippen LogP contribution in [0.15, 0.2) is 36.4 Å². The molecule has 1 atom stereocenters. The van der Waals surface area contributed by atoms with Gasteiger partial charge in [-0.2, -0.15) is 0 Å². The molecule has 0 spiro atoms. The molecule has 2 aromatic carbocycles. The van der Waals surface area contributed by atoms with E-state index < -0.39 is 0 Å². The number of hydrogen-bond donors (Lipinski definition) is 2. The smallest absolute Gasteiger partial charge is 0.231 e. The van der Waals surface area contributed by atoms with Crippen molar-refractivity contribution in [2.45, 2.75) is 19.8 Å². The number of anilines is 2. The first kappa shape index (κ1) is 18.9. The number of ether oxygens (including phenoxy) is 2. The fourth-order valence-electron chi connectivity index (χ4n) is 2.53. The van der Waals surface area contributed by atoms with E-state index in [1.807, 2.05) is 0 Å². The lowest BCUT2D eigenvalue weighted by Crippen LogP contribution is -2.21. The molecule has 1 aliphatic heterocycles. The zero-order valence-corrected chi connectivity index (χ0v) is 14.6. The summed E-state index contributed by atoms with van der Waals surface area (Å²) in [5.41, 5.74) is 7.44. The number of rotatable bonds is 5. The van der Waals surface area contributed by atoms with Crippen LogP contribution in [0.2, 0.25) is 0 Å². The Morgan fingerprint density at radius 1 is 1.28 bits per heavy atom. The van der Waals surface area contributed by atoms with E-state index in [1.165, 1.54) is 6.07 Å². The van der Waals surface area contributed by atoms with Crippen molar-refractivity contribution in [1.29, 1.82) is 0 Å². The highest BCUT2D eigenvalue weighted by molar-refractivity contribution is 5.95. The Balaban J connectivity index is 0.00000225. The molecule has 0 fully saturated rings. The van der Waals surface area contributed by atoms with Gasteiger partial charge in [-0.25, -0.2) is 4.39 Å². The molecule has 0 saturated heterocycles. The van der Waals surface area contributed by atoms with Crippen molar-refractivity contribution in [3.8, 4) is 11.5 Å². The molecule has 134 valence electrons. The number of nitrogen functional groups attached to an aromatic ring is 1. The molecule has 1 heterocycles. The quantitative estimate of drug-likeness (QED) is 0.790. The Bertz CT molecular complexity index is 770. The van der Waals surface area contributed by atoms with Crippen LogP contribution < -0.4 is 20.5 Å². The van der Waals surface area contributed by atoms with Crippen molar-refractivity contribution in [1.82, 2.24) is 0 Å². The number of amides is 1. The summed E-state index contributed by atoms with van der Waals surface area (Å²) in [7, 11) is 0. The molecule has 3 N–H and O–H groups in total. The fraction of sp³-hybridized carbons (Fsp3) is 0.278. The molecule has 1 aliphatic rings. The molecular formula is C18H20ClFN2O3. The summed E-state index contributed by atoms with van der Waals surface area (Å²) in [5.74, 6) is 0.424. The maximum absolute atomic E-state index is 13.6. The largest absolute Gasteiger partial charge is 0.454 e. The molecule has 3 rings (SSSR count). The van der Waals surface area contributed by atoms with Crippen molar-refractivity contribution in [3.05, 3.63) is 47.8 Å². The van der Waals surface area contributed by atoms with Crippen molar-refractivity contribution >= 4 is 29.7 Å². The van der Waals surface area contributed by atoms with E-state index in [-0.39, 0.29) is 36.8 Å². The van der Waals surface area contributed by atoms with Crippen LogP contribution in [0.4, 0.5) is 15.8 Å². The third-order valence-electron chi connectivity index (χ3n) is 4.05. The van der Waals surface area contributed by atoms with Gasteiger partial charge in [0.15, 0.2) is 11.5 Å². The maximum Gasteiger partial charge on any atom is 0.231 e. The number of carbonyl (C=O) groups excluding carboxylic acids is 1. The van der Waals surface area contributed by atoms with E-state index >= 15 is 0 Å². The molecule has 0 radical (unpaired) electrons. The van der Waals surface area contributed by atoms with Gasteiger partial charge in [-0.15, -0.1) is 12.4 Å². The van der Waals surface area contributed by atoms with Crippen LogP contribution in [0, 0.1) is 11.7 Å². The molecule has 0 bridgehead atoms. The first-order valence-electron chi connectivity index (χ1n) is 7.78. The molecule has 2 aromatic rings. The highest BCUT2D eigenvalue weighted by atomic mass is 35.5. The molecule has 5 nitrogen and oxygen atoms in total. The summed E-state index contributed by atoms with van der Waals surface area (Å²) >= 11 is 0. The van der Waals surface area contributed by atoms with Crippen LogP contribution >= 0.6 is 12.4 Å². The van der Waals surface area contributed by atoms with Crippen LogP contribution in [-0.2, 0) is 11.2 Å². The summed E-state index contributed by atoms with van der Waals surface area (Å²) < 4.78 is 24.1. The number of nitrogens with two attached hydrogens (primary N) is 1. The van der Waals surface area contributed by atoms with Gasteiger partial charge in [-0.05, 0) is 24.5 Å². The predicted octanol–water partition coefficient (Wildman–Crippen LogP) is 3.77. The van der Waals surface area contributed by atoms with E-state index in [0.29, 0.717) is 41.3 Å². The summed E-state index contributed by atoms with van der Waals surface area (Å²) in [6.07, 6.45) is 1.04. The molecule has 0 saturated carbocycles. The Morgan fingerprint density at radius 3 is 2.68 bits per heavy atom. The summed E-state index contributed by atoms with van der Waals surface area (Å²) in [6, 6.07) is 9.87. The topological polar surface area (TPSA) is 73.6 Å². The fourth-order valence-corrected chi connectivity index (χ4v) is 2.53. The van der Waals surface area contributed by atoms with E-state index in [4.69, 9.17) is 15.2 Å². The number of halogens is 2. The lowest BCUT2D eigenvalue weighted by Gasteiger charge is -2.14. The normalized spacial score (nSPS) is 13.0. The Morgan fingerprint density at radius 2 is 1.96 bits per heavy atom. The van der Waals surface area contributed by atoms with Gasteiger partial charge in [-0.3, -0.25) is 4.79 Å². The zero-order valence-electron chi connectivity index (χ0n) is 13.8. The van der Waals surface area contributed by atoms with Crippen molar-refractivity contribution in [2.75, 3.05) is 17.8 Å². The van der Waals surface area contributed by atoms with Gasteiger partial charge < -0.3 is 20.5 Å². The molecule has 7 heteroatoms. The monoisotopic (exact) mass is 366 g/mol. The lowest BCUT2D eigenvalue weighted by molar-refractivity contribution is -0.119. The SMILES string of the molecule is CC(CCc1ccccc1F)C(=O)Nc1cc2c(cc1N)OCO2.Cl. The summed E-state index contributed by atoms with van der Waals surface area (Å²) in [6.45, 7) is 1.95. The second-order valence-corrected chi connectivity index (χ2v) is 5.81. The van der Waals surface area contributed by atoms with Gasteiger partial charge in [0.05, 0.1) is 11.4 Å². The van der Waals surface area contributed by atoms with Crippen LogP contribution in [0.1, 0.15) is 18.9 Å². The van der Waals surface area contributed by atoms with Crippen LogP contribution in [-0.4, -0.2) is 12.7 Å². The minimum Gasteiger partial charge on any atom is -0.454 e. The van der Waals surface area contributed by atoms with E-state index in [2.05, 4.69) is 5.32 Å². The third-order valence-corrected chi connectivity index (χ3v) is 4.05. The molecule has 1 unspecified atom stereocenters. The first-order valence-corrected chi connectivity index (χ1v) is 7.78. The summed E-state index contributed by atoms with van der Waals surface area (Å²) in [4.78, 5) is 12.3. The van der Waals surface area contributed by atoms with Crippen molar-refractivity contribution < 1.29 is 18.7 Å². The second-order valence-electron chi connectivity index (χ2n) is 5.81. The van der Waals surface area contributed by atoms with Gasteiger partial charge in [0.25, 0.3) is 0 Å². The predicted molar refractivity (Wildman–Crippen MR) is 96.7 cm³/mol. The number of carbonyl (C=O) groups is 1. The zero-order chi connectivity index (χ0) is 17.1. The van der Waals surface area contributed by atoms with E-state index in [0.717, 1.165) is 0 Å². The lowest BCUT2D eigenvalue weighted by atomic mass is 10.00. The summed E-state index contributed by atoms with van der Waals surface area (Å²) in [5, 5.41) is 2.80. The van der Waals surface area contributed by atoms with Crippen molar-refractivity contribution in [3.63, 3.8) is 0 Å². The highest BCUT2D eigenvalue weighted by Crippen LogP contribution is 2.38. The Labute approximate surface area is 151 Å². The Hall–Kier alpha value is -2.47. The highest BCUT2D eigenvalue weighted by Gasteiger charge is 2.19. The minimum atomic E-state index is -0.283. The molecule has 1 amide bonds. The number of hydrogen-bond acceptors (Lipinski definition) is 4. The van der Waals surface area contributed by atoms with Crippen molar-refractivity contribution in [2.24, 2.45) is 5.92 Å². The number of nitrogens with one attached hydrogen (secondary N) is 1. The van der Waals surface area contributed by atoms with Gasteiger partial charge in [0, 0.05) is 18.1 Å². The Kier molecular flexibility index (Phi) is 6.09. The molecule has 0 aliphatic carbocycles. The van der Waals surface area contributed by atoms with Gasteiger partial charge >= 0.3 is 0 Å². The van der Waals surface area contributed by atoms with Gasteiger partial charge in [0.1, 0.15) is 5.82 Å². The van der Waals surface area contributed by atoms with Gasteiger partial charge in [0.2, 0.25) is 12.7 Å². The van der Waals surface area contributed by atoms with Gasteiger partial charge in [-0.1, -0.05) is 25.1 Å². The number of fused-ring (bicyclic) bond motifs is 1. The third kappa shape index (κ3) is 4.33. The average molecular weight is 367 g/mol.